The van der Waals surface area contributed by atoms with Crippen LogP contribution >= 0.6 is 11.6 Å². The molecule has 0 saturated carbocycles. The Balaban J connectivity index is 2.72. The lowest BCUT2D eigenvalue weighted by Crippen LogP contribution is -2.40. The van der Waals surface area contributed by atoms with E-state index in [2.05, 4.69) is 15.7 Å². The van der Waals surface area contributed by atoms with Crippen LogP contribution in [-0.2, 0) is 17.9 Å². The Labute approximate surface area is 107 Å². The van der Waals surface area contributed by atoms with Crippen molar-refractivity contribution in [2.24, 2.45) is 0 Å². The van der Waals surface area contributed by atoms with Crippen molar-refractivity contribution in [2.75, 3.05) is 7.05 Å². The van der Waals surface area contributed by atoms with Crippen molar-refractivity contribution in [1.82, 2.24) is 20.4 Å². The van der Waals surface area contributed by atoms with Gasteiger partial charge in [0.2, 0.25) is 5.91 Å². The fourth-order valence-corrected chi connectivity index (χ4v) is 1.80. The highest BCUT2D eigenvalue weighted by Gasteiger charge is 2.15. The Morgan fingerprint density at radius 2 is 2.24 bits per heavy atom. The zero-order chi connectivity index (χ0) is 13.0. The molecule has 5 nitrogen and oxygen atoms in total. The average molecular weight is 259 g/mol. The van der Waals surface area contributed by atoms with Crippen molar-refractivity contribution in [3.63, 3.8) is 0 Å². The van der Waals surface area contributed by atoms with E-state index in [1.54, 1.807) is 7.05 Å². The maximum Gasteiger partial charge on any atom is 0.236 e. The summed E-state index contributed by atoms with van der Waals surface area (Å²) in [6.45, 7) is 6.99. The van der Waals surface area contributed by atoms with Gasteiger partial charge in [0.05, 0.1) is 22.5 Å². The Bertz CT molecular complexity index is 402. The SMILES string of the molecule is CCn1nc(C)c(Cl)c1CNC(C)C(=O)NC. The van der Waals surface area contributed by atoms with Crippen LogP contribution in [0.3, 0.4) is 0 Å². The van der Waals surface area contributed by atoms with Crippen LogP contribution in [0.5, 0.6) is 0 Å². The summed E-state index contributed by atoms with van der Waals surface area (Å²) in [4.78, 5) is 11.3. The Kier molecular flexibility index (Phi) is 4.96. The number of hydrogen-bond donors (Lipinski definition) is 2. The second-order valence-electron chi connectivity index (χ2n) is 3.88. The highest BCUT2D eigenvalue weighted by Crippen LogP contribution is 2.19. The molecule has 0 fully saturated rings. The number of carbonyl (C=O) groups is 1. The summed E-state index contributed by atoms with van der Waals surface area (Å²) < 4.78 is 1.85. The standard InChI is InChI=1S/C11H19ClN4O/c1-5-16-9(10(12)7(2)15-16)6-14-8(3)11(17)13-4/h8,14H,5-6H2,1-4H3,(H,13,17). The van der Waals surface area contributed by atoms with Crippen molar-refractivity contribution in [3.8, 4) is 0 Å². The molecule has 1 heterocycles. The van der Waals surface area contributed by atoms with Crippen LogP contribution < -0.4 is 10.6 Å². The van der Waals surface area contributed by atoms with E-state index in [9.17, 15) is 4.79 Å². The minimum Gasteiger partial charge on any atom is -0.358 e. The molecule has 0 radical (unpaired) electrons. The quantitative estimate of drug-likeness (QED) is 0.831. The summed E-state index contributed by atoms with van der Waals surface area (Å²) in [5, 5.41) is 10.7. The molecule has 1 unspecified atom stereocenters. The Morgan fingerprint density at radius 3 is 2.76 bits per heavy atom. The molecular weight excluding hydrogens is 240 g/mol. The first-order valence-corrected chi connectivity index (χ1v) is 6.05. The van der Waals surface area contributed by atoms with Gasteiger partial charge in [-0.2, -0.15) is 5.10 Å². The fraction of sp³-hybridized carbons (Fsp3) is 0.636. The number of rotatable bonds is 5. The van der Waals surface area contributed by atoms with Crippen LogP contribution in [0.1, 0.15) is 25.2 Å². The minimum atomic E-state index is -0.253. The molecule has 0 saturated heterocycles. The number of aryl methyl sites for hydroxylation is 2. The van der Waals surface area contributed by atoms with Crippen LogP contribution in [0.15, 0.2) is 0 Å². The van der Waals surface area contributed by atoms with E-state index in [1.165, 1.54) is 0 Å². The third-order valence-corrected chi connectivity index (χ3v) is 3.16. The van der Waals surface area contributed by atoms with Gasteiger partial charge in [-0.05, 0) is 20.8 Å². The molecule has 1 amide bonds. The molecule has 0 spiro atoms. The lowest BCUT2D eigenvalue weighted by atomic mass is 10.3. The molecule has 2 N–H and O–H groups in total. The zero-order valence-corrected chi connectivity index (χ0v) is 11.4. The molecule has 0 aliphatic rings. The van der Waals surface area contributed by atoms with E-state index in [4.69, 9.17) is 11.6 Å². The molecule has 0 bridgehead atoms. The lowest BCUT2D eigenvalue weighted by molar-refractivity contribution is -0.122. The zero-order valence-electron chi connectivity index (χ0n) is 10.7. The van der Waals surface area contributed by atoms with Gasteiger partial charge in [0.25, 0.3) is 0 Å². The molecule has 6 heteroatoms. The van der Waals surface area contributed by atoms with E-state index in [-0.39, 0.29) is 11.9 Å². The number of hydrogen-bond acceptors (Lipinski definition) is 3. The first-order valence-electron chi connectivity index (χ1n) is 5.68. The molecule has 1 rings (SSSR count). The van der Waals surface area contributed by atoms with Crippen molar-refractivity contribution in [2.45, 2.75) is 39.9 Å². The Hall–Kier alpha value is -1.07. The van der Waals surface area contributed by atoms with Crippen LogP contribution in [-0.4, -0.2) is 28.8 Å². The van der Waals surface area contributed by atoms with Gasteiger partial charge >= 0.3 is 0 Å². The van der Waals surface area contributed by atoms with Gasteiger partial charge in [-0.3, -0.25) is 9.48 Å². The fourth-order valence-electron chi connectivity index (χ4n) is 1.60. The Morgan fingerprint density at radius 1 is 1.59 bits per heavy atom. The van der Waals surface area contributed by atoms with E-state index >= 15 is 0 Å². The van der Waals surface area contributed by atoms with Crippen molar-refractivity contribution in [1.29, 1.82) is 0 Å². The van der Waals surface area contributed by atoms with Crippen molar-refractivity contribution < 1.29 is 4.79 Å². The predicted molar refractivity (Wildman–Crippen MR) is 68.0 cm³/mol. The second-order valence-corrected chi connectivity index (χ2v) is 4.26. The first-order chi connectivity index (χ1) is 8.01. The summed E-state index contributed by atoms with van der Waals surface area (Å²) in [6, 6.07) is -0.253. The monoisotopic (exact) mass is 258 g/mol. The molecule has 1 aromatic rings. The smallest absolute Gasteiger partial charge is 0.236 e. The van der Waals surface area contributed by atoms with E-state index in [0.717, 1.165) is 17.9 Å². The summed E-state index contributed by atoms with van der Waals surface area (Å²) in [7, 11) is 1.62. The summed E-state index contributed by atoms with van der Waals surface area (Å²) in [5.41, 5.74) is 1.74. The largest absolute Gasteiger partial charge is 0.358 e. The average Bonchev–Trinajstić information content (AvgIpc) is 2.61. The molecule has 0 aliphatic carbocycles. The third-order valence-electron chi connectivity index (χ3n) is 2.67. The van der Waals surface area contributed by atoms with E-state index in [1.807, 2.05) is 25.5 Å². The molecule has 0 aliphatic heterocycles. The van der Waals surface area contributed by atoms with Crippen LogP contribution in [0.25, 0.3) is 0 Å². The molecule has 1 atom stereocenters. The van der Waals surface area contributed by atoms with Crippen molar-refractivity contribution >= 4 is 17.5 Å². The molecule has 1 aromatic heterocycles. The lowest BCUT2D eigenvalue weighted by Gasteiger charge is -2.13. The first kappa shape index (κ1) is 14.0. The van der Waals surface area contributed by atoms with Gasteiger partial charge in [-0.1, -0.05) is 11.6 Å². The van der Waals surface area contributed by atoms with Crippen LogP contribution in [0.4, 0.5) is 0 Å². The minimum absolute atomic E-state index is 0.0413. The molecule has 0 aromatic carbocycles. The number of carbonyl (C=O) groups excluding carboxylic acids is 1. The summed E-state index contributed by atoms with van der Waals surface area (Å²) in [5.74, 6) is -0.0413. The highest BCUT2D eigenvalue weighted by molar-refractivity contribution is 6.31. The number of nitrogens with zero attached hydrogens (tertiary/aromatic N) is 2. The van der Waals surface area contributed by atoms with Crippen LogP contribution in [0.2, 0.25) is 5.02 Å². The number of halogens is 1. The maximum absolute atomic E-state index is 11.3. The van der Waals surface area contributed by atoms with Crippen LogP contribution in [0, 0.1) is 6.92 Å². The molecular formula is C11H19ClN4O. The molecule has 96 valence electrons. The number of amides is 1. The molecule has 17 heavy (non-hydrogen) atoms. The maximum atomic E-state index is 11.3. The topological polar surface area (TPSA) is 59.0 Å². The predicted octanol–water partition coefficient (Wildman–Crippen LogP) is 1.09. The van der Waals surface area contributed by atoms with Gasteiger partial charge < -0.3 is 10.6 Å². The van der Waals surface area contributed by atoms with Gasteiger partial charge in [0, 0.05) is 20.1 Å². The van der Waals surface area contributed by atoms with E-state index < -0.39 is 0 Å². The number of nitrogens with one attached hydrogen (secondary N) is 2. The summed E-state index contributed by atoms with van der Waals surface area (Å²) in [6.07, 6.45) is 0. The highest BCUT2D eigenvalue weighted by atomic mass is 35.5. The normalized spacial score (nSPS) is 12.5. The summed E-state index contributed by atoms with van der Waals surface area (Å²) >= 11 is 6.17. The van der Waals surface area contributed by atoms with Gasteiger partial charge in [-0.25, -0.2) is 0 Å². The third kappa shape index (κ3) is 3.20. The van der Waals surface area contributed by atoms with E-state index in [0.29, 0.717) is 11.6 Å². The second kappa shape index (κ2) is 6.02. The van der Waals surface area contributed by atoms with Gasteiger partial charge in [0.1, 0.15) is 0 Å². The number of aromatic nitrogens is 2. The number of likely N-dealkylation sites (N-methyl/N-ethyl adjacent to an activating group) is 1. The van der Waals surface area contributed by atoms with Gasteiger partial charge in [-0.15, -0.1) is 0 Å². The van der Waals surface area contributed by atoms with Crippen molar-refractivity contribution in [3.05, 3.63) is 16.4 Å². The van der Waals surface area contributed by atoms with Gasteiger partial charge in [0.15, 0.2) is 0 Å².